The van der Waals surface area contributed by atoms with E-state index in [-0.39, 0.29) is 22.7 Å². The predicted octanol–water partition coefficient (Wildman–Crippen LogP) is 3.64. The fourth-order valence-corrected chi connectivity index (χ4v) is 1.84. The number of rotatable bonds is 4. The molecule has 0 radical (unpaired) electrons. The highest BCUT2D eigenvalue weighted by Gasteiger charge is 2.18. The van der Waals surface area contributed by atoms with Gasteiger partial charge in [0.25, 0.3) is 0 Å². The molecule has 0 saturated heterocycles. The Hall–Kier alpha value is -2.70. The van der Waals surface area contributed by atoms with Crippen LogP contribution in [0.25, 0.3) is 0 Å². The zero-order valence-corrected chi connectivity index (χ0v) is 11.7. The topological polar surface area (TPSA) is 47.6 Å². The van der Waals surface area contributed by atoms with Gasteiger partial charge in [-0.1, -0.05) is 0 Å². The first kappa shape index (κ1) is 15.7. The maximum absolute atomic E-state index is 13.4. The summed E-state index contributed by atoms with van der Waals surface area (Å²) in [5.74, 6) is -3.56. The van der Waals surface area contributed by atoms with Crippen molar-refractivity contribution < 1.29 is 27.4 Å². The summed E-state index contributed by atoms with van der Waals surface area (Å²) in [5, 5.41) is 2.70. The molecule has 0 aliphatic heterocycles. The lowest BCUT2D eigenvalue weighted by Crippen LogP contribution is -2.08. The molecule has 0 heterocycles. The molecule has 7 heteroatoms. The van der Waals surface area contributed by atoms with Crippen LogP contribution in [0.1, 0.15) is 10.4 Å². The lowest BCUT2D eigenvalue weighted by atomic mass is 10.1. The van der Waals surface area contributed by atoms with Crippen LogP contribution in [0.4, 0.5) is 24.5 Å². The molecule has 22 heavy (non-hydrogen) atoms. The van der Waals surface area contributed by atoms with Crippen LogP contribution in [0.5, 0.6) is 5.75 Å². The SMILES string of the molecule is COC(=O)c1cc(F)c(F)cc1Nc1ccc(F)cc1OC. The van der Waals surface area contributed by atoms with Crippen LogP contribution in [0.3, 0.4) is 0 Å². The van der Waals surface area contributed by atoms with E-state index in [0.29, 0.717) is 0 Å². The van der Waals surface area contributed by atoms with E-state index in [4.69, 9.17) is 4.74 Å². The number of hydrogen-bond acceptors (Lipinski definition) is 4. The Labute approximate surface area is 124 Å². The van der Waals surface area contributed by atoms with Crippen molar-refractivity contribution >= 4 is 17.3 Å². The maximum Gasteiger partial charge on any atom is 0.340 e. The fraction of sp³-hybridized carbons (Fsp3) is 0.133. The fourth-order valence-electron chi connectivity index (χ4n) is 1.84. The molecule has 1 N–H and O–H groups in total. The third-order valence-corrected chi connectivity index (χ3v) is 2.90. The average molecular weight is 311 g/mol. The molecule has 0 saturated carbocycles. The Morgan fingerprint density at radius 2 is 1.68 bits per heavy atom. The van der Waals surface area contributed by atoms with Gasteiger partial charge in [-0.05, 0) is 18.2 Å². The smallest absolute Gasteiger partial charge is 0.340 e. The molecule has 0 aromatic heterocycles. The van der Waals surface area contributed by atoms with E-state index in [1.807, 2.05) is 0 Å². The van der Waals surface area contributed by atoms with Crippen molar-refractivity contribution in [2.45, 2.75) is 0 Å². The van der Waals surface area contributed by atoms with E-state index < -0.39 is 23.4 Å². The normalized spacial score (nSPS) is 10.2. The van der Waals surface area contributed by atoms with Crippen LogP contribution in [0.2, 0.25) is 0 Å². The summed E-state index contributed by atoms with van der Waals surface area (Å²) in [4.78, 5) is 11.7. The molecule has 2 rings (SSSR count). The molecule has 0 bridgehead atoms. The Bertz CT molecular complexity index is 719. The maximum atomic E-state index is 13.4. The van der Waals surface area contributed by atoms with Crippen molar-refractivity contribution in [3.05, 3.63) is 53.3 Å². The minimum absolute atomic E-state index is 0.0318. The number of ether oxygens (including phenoxy) is 2. The number of benzene rings is 2. The van der Waals surface area contributed by atoms with E-state index in [9.17, 15) is 18.0 Å². The summed E-state index contributed by atoms with van der Waals surface area (Å²) in [6, 6.07) is 5.14. The van der Waals surface area contributed by atoms with Gasteiger partial charge in [0.1, 0.15) is 11.6 Å². The van der Waals surface area contributed by atoms with E-state index in [0.717, 1.165) is 31.4 Å². The monoisotopic (exact) mass is 311 g/mol. The first-order chi connectivity index (χ1) is 10.5. The summed E-state index contributed by atoms with van der Waals surface area (Å²) >= 11 is 0. The highest BCUT2D eigenvalue weighted by atomic mass is 19.2. The Morgan fingerprint density at radius 1 is 1.00 bits per heavy atom. The van der Waals surface area contributed by atoms with Crippen molar-refractivity contribution in [3.63, 3.8) is 0 Å². The van der Waals surface area contributed by atoms with Gasteiger partial charge in [0.05, 0.1) is 31.2 Å². The lowest BCUT2D eigenvalue weighted by Gasteiger charge is -2.14. The molecule has 0 fully saturated rings. The highest BCUT2D eigenvalue weighted by molar-refractivity contribution is 5.96. The standard InChI is InChI=1S/C15H12F3NO3/c1-21-14-5-8(16)3-4-12(14)19-13-7-11(18)10(17)6-9(13)15(20)22-2/h3-7,19H,1-2H3. The minimum atomic E-state index is -1.18. The molecule has 0 aliphatic rings. The van der Waals surface area contributed by atoms with E-state index in [1.54, 1.807) is 0 Å². The number of carbonyl (C=O) groups excluding carboxylic acids is 1. The lowest BCUT2D eigenvalue weighted by molar-refractivity contribution is 0.0601. The van der Waals surface area contributed by atoms with Crippen LogP contribution in [-0.4, -0.2) is 20.2 Å². The number of esters is 1. The second-order valence-electron chi connectivity index (χ2n) is 4.27. The van der Waals surface area contributed by atoms with Gasteiger partial charge >= 0.3 is 5.97 Å². The highest BCUT2D eigenvalue weighted by Crippen LogP contribution is 2.31. The van der Waals surface area contributed by atoms with E-state index in [1.165, 1.54) is 13.2 Å². The predicted molar refractivity (Wildman–Crippen MR) is 73.9 cm³/mol. The van der Waals surface area contributed by atoms with Crippen molar-refractivity contribution in [1.82, 2.24) is 0 Å². The number of methoxy groups -OCH3 is 2. The van der Waals surface area contributed by atoms with Crippen molar-refractivity contribution in [2.24, 2.45) is 0 Å². The summed E-state index contributed by atoms with van der Waals surface area (Å²) in [5.41, 5.74) is 0.0449. The van der Waals surface area contributed by atoms with Gasteiger partial charge in [-0.2, -0.15) is 0 Å². The third kappa shape index (κ3) is 3.13. The molecule has 0 unspecified atom stereocenters. The van der Waals surface area contributed by atoms with Crippen molar-refractivity contribution in [2.75, 3.05) is 19.5 Å². The van der Waals surface area contributed by atoms with Gasteiger partial charge in [-0.3, -0.25) is 0 Å². The molecule has 0 amide bonds. The van der Waals surface area contributed by atoms with Crippen LogP contribution in [0, 0.1) is 17.5 Å². The molecule has 0 atom stereocenters. The molecule has 4 nitrogen and oxygen atoms in total. The van der Waals surface area contributed by atoms with Crippen LogP contribution in [-0.2, 0) is 4.74 Å². The molecule has 0 spiro atoms. The van der Waals surface area contributed by atoms with Crippen LogP contribution >= 0.6 is 0 Å². The zero-order chi connectivity index (χ0) is 16.3. The van der Waals surface area contributed by atoms with Gasteiger partial charge < -0.3 is 14.8 Å². The molecule has 0 aliphatic carbocycles. The molecule has 2 aromatic carbocycles. The number of nitrogens with one attached hydrogen (secondary N) is 1. The Morgan fingerprint density at radius 3 is 2.32 bits per heavy atom. The number of anilines is 2. The minimum Gasteiger partial charge on any atom is -0.494 e. The van der Waals surface area contributed by atoms with E-state index in [2.05, 4.69) is 10.1 Å². The van der Waals surface area contributed by atoms with Gasteiger partial charge in [-0.25, -0.2) is 18.0 Å². The average Bonchev–Trinajstić information content (AvgIpc) is 2.51. The van der Waals surface area contributed by atoms with Crippen LogP contribution in [0.15, 0.2) is 30.3 Å². The molecular weight excluding hydrogens is 299 g/mol. The van der Waals surface area contributed by atoms with Gasteiger partial charge in [0, 0.05) is 12.1 Å². The molecular formula is C15H12F3NO3. The number of carbonyl (C=O) groups is 1. The number of hydrogen-bond donors (Lipinski definition) is 1. The van der Waals surface area contributed by atoms with Gasteiger partial charge in [-0.15, -0.1) is 0 Å². The third-order valence-electron chi connectivity index (χ3n) is 2.90. The number of halogens is 3. The first-order valence-electron chi connectivity index (χ1n) is 6.14. The molecule has 116 valence electrons. The van der Waals surface area contributed by atoms with Gasteiger partial charge in [0.15, 0.2) is 11.6 Å². The van der Waals surface area contributed by atoms with Crippen molar-refractivity contribution in [3.8, 4) is 5.75 Å². The first-order valence-corrected chi connectivity index (χ1v) is 6.14. The molecule has 2 aromatic rings. The van der Waals surface area contributed by atoms with Crippen molar-refractivity contribution in [1.29, 1.82) is 0 Å². The zero-order valence-electron chi connectivity index (χ0n) is 11.7. The largest absolute Gasteiger partial charge is 0.494 e. The summed E-state index contributed by atoms with van der Waals surface area (Å²) < 4.78 is 49.4. The Kier molecular flexibility index (Phi) is 4.55. The summed E-state index contributed by atoms with van der Waals surface area (Å²) in [7, 11) is 2.44. The van der Waals surface area contributed by atoms with Crippen LogP contribution < -0.4 is 10.1 Å². The second-order valence-corrected chi connectivity index (χ2v) is 4.27. The van der Waals surface area contributed by atoms with E-state index >= 15 is 0 Å². The quantitative estimate of drug-likeness (QED) is 0.876. The summed E-state index contributed by atoms with van der Waals surface area (Å²) in [6.45, 7) is 0. The Balaban J connectivity index is 2.49. The second kappa shape index (κ2) is 6.38. The summed E-state index contributed by atoms with van der Waals surface area (Å²) in [6.07, 6.45) is 0. The van der Waals surface area contributed by atoms with Gasteiger partial charge in [0.2, 0.25) is 0 Å².